The predicted molar refractivity (Wildman–Crippen MR) is 76.7 cm³/mol. The molecule has 0 aromatic heterocycles. The van der Waals surface area contributed by atoms with Crippen LogP contribution >= 0.6 is 7.60 Å². The molecule has 0 unspecified atom stereocenters. The average molecular weight is 300 g/mol. The van der Waals surface area contributed by atoms with Crippen molar-refractivity contribution >= 4 is 13.6 Å². The summed E-state index contributed by atoms with van der Waals surface area (Å²) in [7, 11) is -1.72. The summed E-state index contributed by atoms with van der Waals surface area (Å²) in [5, 5.41) is 0. The zero-order valence-electron chi connectivity index (χ0n) is 12.1. The fourth-order valence-electron chi connectivity index (χ4n) is 1.75. The summed E-state index contributed by atoms with van der Waals surface area (Å²) in [5.41, 5.74) is 1.70. The molecule has 0 bridgehead atoms. The summed E-state index contributed by atoms with van der Waals surface area (Å²) < 4.78 is 27.5. The van der Waals surface area contributed by atoms with Crippen molar-refractivity contribution in [3.05, 3.63) is 35.4 Å². The largest absolute Gasteiger partial charge is 0.469 e. The molecular formula is C14H21O5P. The molecule has 0 heterocycles. The number of carbonyl (C=O) groups is 1. The molecular weight excluding hydrogens is 279 g/mol. The molecule has 1 aromatic carbocycles. The molecule has 112 valence electrons. The van der Waals surface area contributed by atoms with Crippen LogP contribution in [0.4, 0.5) is 0 Å². The first kappa shape index (κ1) is 16.9. The lowest BCUT2D eigenvalue weighted by atomic mass is 10.1. The molecule has 5 nitrogen and oxygen atoms in total. The summed E-state index contributed by atoms with van der Waals surface area (Å²) in [5.74, 6) is -0.285. The number of carbonyl (C=O) groups excluding carboxylic acids is 1. The molecule has 0 spiro atoms. The average Bonchev–Trinajstić information content (AvgIpc) is 2.41. The van der Waals surface area contributed by atoms with Crippen LogP contribution < -0.4 is 0 Å². The zero-order valence-corrected chi connectivity index (χ0v) is 13.0. The van der Waals surface area contributed by atoms with E-state index in [9.17, 15) is 9.36 Å². The summed E-state index contributed by atoms with van der Waals surface area (Å²) in [4.78, 5) is 11.2. The fraction of sp³-hybridized carbons (Fsp3) is 0.500. The highest BCUT2D eigenvalue weighted by atomic mass is 31.2. The maximum Gasteiger partial charge on any atom is 0.335 e. The SMILES string of the molecule is CCOP(=O)(Cc1ccc(CC(=O)OC)cc1)OCC. The van der Waals surface area contributed by atoms with Crippen LogP contribution in [0.5, 0.6) is 0 Å². The molecule has 1 aromatic rings. The van der Waals surface area contributed by atoms with Gasteiger partial charge in [-0.15, -0.1) is 0 Å². The van der Waals surface area contributed by atoms with Gasteiger partial charge >= 0.3 is 13.6 Å². The van der Waals surface area contributed by atoms with Gasteiger partial charge in [0.1, 0.15) is 0 Å². The van der Waals surface area contributed by atoms with Crippen molar-refractivity contribution in [1.82, 2.24) is 0 Å². The molecule has 0 saturated carbocycles. The maximum absolute atomic E-state index is 12.4. The van der Waals surface area contributed by atoms with Crippen LogP contribution in [0.2, 0.25) is 0 Å². The van der Waals surface area contributed by atoms with Gasteiger partial charge in [-0.1, -0.05) is 24.3 Å². The standard InChI is InChI=1S/C14H21O5P/c1-4-18-20(16,19-5-2)11-13-8-6-12(7-9-13)10-14(15)17-3/h6-9H,4-5,10-11H2,1-3H3. The third-order valence-electron chi connectivity index (χ3n) is 2.63. The van der Waals surface area contributed by atoms with Crippen LogP contribution in [-0.4, -0.2) is 26.3 Å². The number of hydrogen-bond donors (Lipinski definition) is 0. The molecule has 1 rings (SSSR count). The van der Waals surface area contributed by atoms with Gasteiger partial charge < -0.3 is 13.8 Å². The third kappa shape index (κ3) is 5.45. The summed E-state index contributed by atoms with van der Waals surface area (Å²) >= 11 is 0. The Balaban J connectivity index is 2.72. The van der Waals surface area contributed by atoms with E-state index >= 15 is 0 Å². The highest BCUT2D eigenvalue weighted by molar-refractivity contribution is 7.53. The number of methoxy groups -OCH3 is 1. The van der Waals surface area contributed by atoms with Crippen LogP contribution in [0.25, 0.3) is 0 Å². The maximum atomic E-state index is 12.4. The molecule has 0 aliphatic heterocycles. The van der Waals surface area contributed by atoms with Gasteiger partial charge in [0.25, 0.3) is 0 Å². The molecule has 0 aliphatic rings. The van der Waals surface area contributed by atoms with E-state index < -0.39 is 7.60 Å². The normalized spacial score (nSPS) is 11.3. The van der Waals surface area contributed by atoms with Crippen LogP contribution in [0.15, 0.2) is 24.3 Å². The van der Waals surface area contributed by atoms with Gasteiger partial charge in [0, 0.05) is 0 Å². The lowest BCUT2D eigenvalue weighted by Crippen LogP contribution is -2.04. The molecule has 0 atom stereocenters. The number of hydrogen-bond acceptors (Lipinski definition) is 5. The molecule has 0 aliphatic carbocycles. The number of esters is 1. The molecule has 20 heavy (non-hydrogen) atoms. The fourth-order valence-corrected chi connectivity index (χ4v) is 3.45. The number of benzene rings is 1. The van der Waals surface area contributed by atoms with Crippen LogP contribution in [0.3, 0.4) is 0 Å². The number of ether oxygens (including phenoxy) is 1. The topological polar surface area (TPSA) is 61.8 Å². The van der Waals surface area contributed by atoms with Gasteiger partial charge in [-0.3, -0.25) is 9.36 Å². The van der Waals surface area contributed by atoms with E-state index in [2.05, 4.69) is 4.74 Å². The summed E-state index contributed by atoms with van der Waals surface area (Å²) in [6.07, 6.45) is 0.457. The second-order valence-corrected chi connectivity index (χ2v) is 6.23. The van der Waals surface area contributed by atoms with Crippen LogP contribution in [0, 0.1) is 0 Å². The van der Waals surface area contributed by atoms with Gasteiger partial charge in [0.05, 0.1) is 32.9 Å². The molecule has 0 saturated heterocycles. The lowest BCUT2D eigenvalue weighted by molar-refractivity contribution is -0.139. The molecule has 0 fully saturated rings. The quantitative estimate of drug-likeness (QED) is 0.545. The van der Waals surface area contributed by atoms with E-state index in [1.54, 1.807) is 13.8 Å². The van der Waals surface area contributed by atoms with E-state index in [0.29, 0.717) is 13.2 Å². The highest BCUT2D eigenvalue weighted by Gasteiger charge is 2.23. The van der Waals surface area contributed by atoms with Crippen molar-refractivity contribution < 1.29 is 23.1 Å². The van der Waals surface area contributed by atoms with E-state index in [0.717, 1.165) is 11.1 Å². The molecule has 0 N–H and O–H groups in total. The molecule has 0 amide bonds. The monoisotopic (exact) mass is 300 g/mol. The minimum Gasteiger partial charge on any atom is -0.469 e. The van der Waals surface area contributed by atoms with Crippen molar-refractivity contribution in [2.75, 3.05) is 20.3 Å². The summed E-state index contributed by atoms with van der Waals surface area (Å²) in [6, 6.07) is 7.27. The Kier molecular flexibility index (Phi) is 6.93. The second kappa shape index (κ2) is 8.20. The van der Waals surface area contributed by atoms with Gasteiger partial charge in [-0.2, -0.15) is 0 Å². The van der Waals surface area contributed by atoms with Gasteiger partial charge in [0.15, 0.2) is 0 Å². The van der Waals surface area contributed by atoms with E-state index in [4.69, 9.17) is 9.05 Å². The molecule has 6 heteroatoms. The Labute approximate surface area is 119 Å². The Morgan fingerprint density at radius 1 is 1.05 bits per heavy atom. The first-order valence-electron chi connectivity index (χ1n) is 6.55. The van der Waals surface area contributed by atoms with Crippen molar-refractivity contribution in [2.24, 2.45) is 0 Å². The smallest absolute Gasteiger partial charge is 0.335 e. The minimum atomic E-state index is -3.08. The predicted octanol–water partition coefficient (Wildman–Crippen LogP) is 3.17. The van der Waals surface area contributed by atoms with Crippen molar-refractivity contribution in [3.8, 4) is 0 Å². The van der Waals surface area contributed by atoms with Crippen molar-refractivity contribution in [1.29, 1.82) is 0 Å². The lowest BCUT2D eigenvalue weighted by Gasteiger charge is -2.17. The Bertz CT molecular complexity index is 459. The van der Waals surface area contributed by atoms with Crippen LogP contribution in [0.1, 0.15) is 25.0 Å². The highest BCUT2D eigenvalue weighted by Crippen LogP contribution is 2.51. The van der Waals surface area contributed by atoms with E-state index in [1.807, 2.05) is 24.3 Å². The van der Waals surface area contributed by atoms with Crippen LogP contribution in [-0.2, 0) is 35.7 Å². The Hall–Kier alpha value is -1.16. The summed E-state index contributed by atoms with van der Waals surface area (Å²) in [6.45, 7) is 4.26. The second-order valence-electron chi connectivity index (χ2n) is 4.17. The van der Waals surface area contributed by atoms with Gasteiger partial charge in [-0.25, -0.2) is 0 Å². The zero-order chi connectivity index (χ0) is 15.0. The first-order chi connectivity index (χ1) is 9.53. The Morgan fingerprint density at radius 3 is 2.00 bits per heavy atom. The minimum absolute atomic E-state index is 0.228. The van der Waals surface area contributed by atoms with Crippen molar-refractivity contribution in [3.63, 3.8) is 0 Å². The first-order valence-corrected chi connectivity index (χ1v) is 8.28. The van der Waals surface area contributed by atoms with E-state index in [-0.39, 0.29) is 18.6 Å². The number of rotatable bonds is 8. The Morgan fingerprint density at radius 2 is 1.55 bits per heavy atom. The van der Waals surface area contributed by atoms with E-state index in [1.165, 1.54) is 7.11 Å². The molecule has 0 radical (unpaired) electrons. The van der Waals surface area contributed by atoms with Gasteiger partial charge in [-0.05, 0) is 25.0 Å². The van der Waals surface area contributed by atoms with Crippen molar-refractivity contribution in [2.45, 2.75) is 26.4 Å². The third-order valence-corrected chi connectivity index (χ3v) is 4.68. The van der Waals surface area contributed by atoms with Gasteiger partial charge in [0.2, 0.25) is 0 Å².